The molecule has 282 valence electrons. The van der Waals surface area contributed by atoms with Gasteiger partial charge < -0.3 is 19.7 Å². The maximum Gasteiger partial charge on any atom is 0.336 e. The molecule has 0 amide bonds. The Morgan fingerprint density at radius 2 is 1.26 bits per heavy atom. The molecular formula is C42H66O8. The molecule has 0 atom stereocenters. The van der Waals surface area contributed by atoms with Crippen LogP contribution in [-0.4, -0.2) is 40.7 Å². The molecule has 0 aliphatic rings. The minimum atomic E-state index is -1.02. The number of aliphatic carboxylic acids is 1. The summed E-state index contributed by atoms with van der Waals surface area (Å²) in [6.07, 6.45) is 27.9. The number of hydrogen-bond acceptors (Lipinski definition) is 6. The van der Waals surface area contributed by atoms with E-state index < -0.39 is 17.9 Å². The molecular weight excluding hydrogens is 632 g/mol. The minimum absolute atomic E-state index is 0.0226. The highest BCUT2D eigenvalue weighted by atomic mass is 16.5. The Morgan fingerprint density at radius 1 is 0.740 bits per heavy atom. The van der Waals surface area contributed by atoms with Crippen molar-refractivity contribution in [2.24, 2.45) is 0 Å². The highest BCUT2D eigenvalue weighted by Gasteiger charge is 2.16. The molecule has 0 unspecified atom stereocenters. The van der Waals surface area contributed by atoms with Crippen molar-refractivity contribution in [3.05, 3.63) is 79.1 Å². The SMILES string of the molecule is C=CCOC(=O)CCCCCCCCCCCCCCCCC.C=COC(=O)CC/C=C/C(=O)O.C=Cc1cc(C(C)(C)C)ccc1C(=O)O. The fourth-order valence-corrected chi connectivity index (χ4v) is 4.79. The Kier molecular flexibility index (Phi) is 31.1. The van der Waals surface area contributed by atoms with Gasteiger partial charge in [-0.05, 0) is 35.4 Å². The van der Waals surface area contributed by atoms with Crippen molar-refractivity contribution in [1.29, 1.82) is 0 Å². The first kappa shape index (κ1) is 48.2. The Hall–Kier alpha value is -3.94. The van der Waals surface area contributed by atoms with Gasteiger partial charge in [0.05, 0.1) is 11.8 Å². The quantitative estimate of drug-likeness (QED) is 0.0339. The molecule has 0 aliphatic heterocycles. The summed E-state index contributed by atoms with van der Waals surface area (Å²) in [6, 6.07) is 5.38. The number of hydrogen-bond donors (Lipinski definition) is 2. The second-order valence-corrected chi connectivity index (χ2v) is 13.2. The monoisotopic (exact) mass is 698 g/mol. The number of carboxylic acids is 2. The van der Waals surface area contributed by atoms with Gasteiger partial charge in [-0.1, -0.05) is 168 Å². The normalized spacial score (nSPS) is 10.6. The predicted octanol–water partition coefficient (Wildman–Crippen LogP) is 11.4. The molecule has 1 aromatic carbocycles. The van der Waals surface area contributed by atoms with Crippen LogP contribution in [0.2, 0.25) is 0 Å². The van der Waals surface area contributed by atoms with E-state index in [2.05, 4.69) is 52.2 Å². The Morgan fingerprint density at radius 3 is 1.68 bits per heavy atom. The van der Waals surface area contributed by atoms with Crippen LogP contribution < -0.4 is 0 Å². The third-order valence-corrected chi connectivity index (χ3v) is 7.70. The van der Waals surface area contributed by atoms with Gasteiger partial charge in [-0.25, -0.2) is 9.59 Å². The van der Waals surface area contributed by atoms with Crippen molar-refractivity contribution in [3.8, 4) is 0 Å². The van der Waals surface area contributed by atoms with Crippen molar-refractivity contribution in [3.63, 3.8) is 0 Å². The molecule has 8 heteroatoms. The van der Waals surface area contributed by atoms with Crippen molar-refractivity contribution >= 4 is 30.0 Å². The number of allylic oxidation sites excluding steroid dienone is 1. The van der Waals surface area contributed by atoms with Crippen molar-refractivity contribution < 1.29 is 38.9 Å². The summed E-state index contributed by atoms with van der Waals surface area (Å²) in [5.74, 6) is -2.43. The lowest BCUT2D eigenvalue weighted by atomic mass is 9.85. The predicted molar refractivity (Wildman–Crippen MR) is 205 cm³/mol. The number of carbonyl (C=O) groups excluding carboxylic acids is 2. The molecule has 0 saturated heterocycles. The first-order valence-corrected chi connectivity index (χ1v) is 18.3. The first-order chi connectivity index (χ1) is 23.8. The van der Waals surface area contributed by atoms with Gasteiger partial charge in [0.25, 0.3) is 0 Å². The van der Waals surface area contributed by atoms with Gasteiger partial charge in [-0.15, -0.1) is 0 Å². The third-order valence-electron chi connectivity index (χ3n) is 7.70. The molecule has 0 bridgehead atoms. The fourth-order valence-electron chi connectivity index (χ4n) is 4.79. The maximum absolute atomic E-state index is 11.3. The van der Waals surface area contributed by atoms with Crippen LogP contribution in [0.5, 0.6) is 0 Å². The average Bonchev–Trinajstić information content (AvgIpc) is 3.07. The summed E-state index contributed by atoms with van der Waals surface area (Å²) in [5.41, 5.74) is 2.12. The van der Waals surface area contributed by atoms with Gasteiger partial charge in [-0.3, -0.25) is 9.59 Å². The highest BCUT2D eigenvalue weighted by molar-refractivity contribution is 5.92. The lowest BCUT2D eigenvalue weighted by Gasteiger charge is -2.20. The van der Waals surface area contributed by atoms with Gasteiger partial charge in [0.2, 0.25) is 0 Å². The van der Waals surface area contributed by atoms with Crippen LogP contribution >= 0.6 is 0 Å². The number of unbranched alkanes of at least 4 members (excludes halogenated alkanes) is 14. The Balaban J connectivity index is 0. The second kappa shape index (κ2) is 32.3. The Bertz CT molecular complexity index is 1140. The van der Waals surface area contributed by atoms with Crippen LogP contribution in [0.4, 0.5) is 0 Å². The molecule has 2 N–H and O–H groups in total. The molecule has 50 heavy (non-hydrogen) atoms. The van der Waals surface area contributed by atoms with Gasteiger partial charge in [0, 0.05) is 18.9 Å². The van der Waals surface area contributed by atoms with E-state index in [1.54, 1.807) is 18.2 Å². The van der Waals surface area contributed by atoms with Crippen molar-refractivity contribution in [2.75, 3.05) is 6.61 Å². The van der Waals surface area contributed by atoms with Crippen LogP contribution in [0, 0.1) is 0 Å². The molecule has 0 aliphatic carbocycles. The molecule has 0 saturated carbocycles. The van der Waals surface area contributed by atoms with Gasteiger partial charge in [0.1, 0.15) is 6.61 Å². The van der Waals surface area contributed by atoms with E-state index in [1.807, 2.05) is 12.1 Å². The number of benzene rings is 1. The smallest absolute Gasteiger partial charge is 0.336 e. The van der Waals surface area contributed by atoms with Crippen LogP contribution in [0.25, 0.3) is 6.08 Å². The number of carboxylic acid groups (broad SMARTS) is 2. The summed E-state index contributed by atoms with van der Waals surface area (Å²) >= 11 is 0. The van der Waals surface area contributed by atoms with E-state index in [4.69, 9.17) is 14.9 Å². The number of rotatable bonds is 25. The summed E-state index contributed by atoms with van der Waals surface area (Å²) in [4.78, 5) is 42.7. The molecule has 8 nitrogen and oxygen atoms in total. The molecule has 0 spiro atoms. The molecule has 0 aromatic heterocycles. The molecule has 0 radical (unpaired) electrons. The molecule has 1 aromatic rings. The highest BCUT2D eigenvalue weighted by Crippen LogP contribution is 2.25. The fraction of sp³-hybridized carbons (Fsp3) is 0.571. The minimum Gasteiger partial charge on any atom is -0.478 e. The standard InChI is InChI=1S/C21H40O2.C13H16O2.C8H10O4/c1-3-5-6-7-8-9-10-11-12-13-14-15-16-17-18-19-21(22)23-20-4-2;1-5-9-8-10(13(2,3)4)6-7-11(9)12(14)15;1-2-12-8(11)6-4-3-5-7(9)10/h4H,2-3,5-20H2,1H3;5-8H,1H2,2-4H3,(H,14,15);2-3,5H,1,4,6H2,(H,9,10)/b;;5-3+. The molecule has 0 heterocycles. The van der Waals surface area contributed by atoms with E-state index in [-0.39, 0.29) is 17.8 Å². The summed E-state index contributed by atoms with van der Waals surface area (Å²) < 4.78 is 9.35. The van der Waals surface area contributed by atoms with Gasteiger partial charge >= 0.3 is 23.9 Å². The van der Waals surface area contributed by atoms with E-state index in [1.165, 1.54) is 89.5 Å². The largest absolute Gasteiger partial charge is 0.478 e. The first-order valence-electron chi connectivity index (χ1n) is 18.3. The number of esters is 2. The van der Waals surface area contributed by atoms with E-state index in [9.17, 15) is 19.2 Å². The van der Waals surface area contributed by atoms with Crippen molar-refractivity contribution in [2.45, 2.75) is 149 Å². The number of carbonyl (C=O) groups is 4. The van der Waals surface area contributed by atoms with Crippen LogP contribution in [0.1, 0.15) is 165 Å². The van der Waals surface area contributed by atoms with Crippen LogP contribution in [0.3, 0.4) is 0 Å². The number of aromatic carboxylic acids is 1. The molecule has 0 fully saturated rings. The summed E-state index contributed by atoms with van der Waals surface area (Å²) in [6.45, 7) is 19.3. The Labute approximate surface area is 302 Å². The third kappa shape index (κ3) is 30.1. The zero-order valence-corrected chi connectivity index (χ0v) is 31.5. The zero-order valence-electron chi connectivity index (χ0n) is 31.5. The number of ether oxygens (including phenoxy) is 2. The van der Waals surface area contributed by atoms with E-state index in [0.717, 1.165) is 30.7 Å². The zero-order chi connectivity index (χ0) is 38.0. The summed E-state index contributed by atoms with van der Waals surface area (Å²) in [7, 11) is 0. The van der Waals surface area contributed by atoms with Crippen LogP contribution in [-0.2, 0) is 29.3 Å². The second-order valence-electron chi connectivity index (χ2n) is 13.2. The van der Waals surface area contributed by atoms with Gasteiger partial charge in [0.15, 0.2) is 0 Å². The van der Waals surface area contributed by atoms with Crippen molar-refractivity contribution in [1.82, 2.24) is 0 Å². The lowest BCUT2D eigenvalue weighted by molar-refractivity contribution is -0.142. The average molecular weight is 699 g/mol. The van der Waals surface area contributed by atoms with E-state index >= 15 is 0 Å². The lowest BCUT2D eigenvalue weighted by Crippen LogP contribution is -2.12. The molecule has 1 rings (SSSR count). The maximum atomic E-state index is 11.3. The topological polar surface area (TPSA) is 127 Å². The van der Waals surface area contributed by atoms with Gasteiger partial charge in [-0.2, -0.15) is 0 Å². The van der Waals surface area contributed by atoms with Crippen LogP contribution in [0.15, 0.2) is 62.4 Å². The van der Waals surface area contributed by atoms with E-state index in [0.29, 0.717) is 30.6 Å². The summed E-state index contributed by atoms with van der Waals surface area (Å²) in [5, 5.41) is 17.1.